The lowest BCUT2D eigenvalue weighted by atomic mass is 10.2. The third kappa shape index (κ3) is 2.68. The van der Waals surface area contributed by atoms with Crippen LogP contribution in [0.2, 0.25) is 0 Å². The lowest BCUT2D eigenvalue weighted by molar-refractivity contribution is 0.122. The maximum atomic E-state index is 6.17. The summed E-state index contributed by atoms with van der Waals surface area (Å²) < 4.78 is 8.43. The van der Waals surface area contributed by atoms with E-state index in [1.807, 2.05) is 22.8 Å². The zero-order valence-corrected chi connectivity index (χ0v) is 14.2. The minimum Gasteiger partial charge on any atom is -0.378 e. The van der Waals surface area contributed by atoms with Crippen LogP contribution >= 0.6 is 15.9 Å². The first-order valence-electron chi connectivity index (χ1n) is 7.59. The van der Waals surface area contributed by atoms with Crippen molar-refractivity contribution in [2.75, 3.05) is 36.9 Å². The molecule has 5 nitrogen and oxygen atoms in total. The summed E-state index contributed by atoms with van der Waals surface area (Å²) in [5, 5.41) is 0. The average Bonchev–Trinajstić information content (AvgIpc) is 2.91. The molecule has 118 valence electrons. The van der Waals surface area contributed by atoms with E-state index in [9.17, 15) is 0 Å². The molecule has 4 rings (SSSR count). The van der Waals surface area contributed by atoms with Crippen molar-refractivity contribution in [2.45, 2.75) is 0 Å². The molecule has 0 radical (unpaired) electrons. The number of ether oxygens (including phenoxy) is 1. The van der Waals surface area contributed by atoms with Crippen LogP contribution in [0.15, 0.2) is 46.9 Å². The minimum absolute atomic E-state index is 0.497. The summed E-state index contributed by atoms with van der Waals surface area (Å²) in [6.07, 6.45) is 0. The third-order valence-electron chi connectivity index (χ3n) is 4.11. The summed E-state index contributed by atoms with van der Waals surface area (Å²) in [7, 11) is 0. The normalized spacial score (nSPS) is 15.3. The maximum Gasteiger partial charge on any atom is 0.205 e. The van der Waals surface area contributed by atoms with E-state index in [1.54, 1.807) is 0 Å². The fourth-order valence-electron chi connectivity index (χ4n) is 2.99. The van der Waals surface area contributed by atoms with E-state index in [4.69, 9.17) is 10.5 Å². The van der Waals surface area contributed by atoms with Crippen LogP contribution in [0.1, 0.15) is 0 Å². The number of anilines is 2. The van der Waals surface area contributed by atoms with Gasteiger partial charge in [-0.15, -0.1) is 0 Å². The van der Waals surface area contributed by atoms with Crippen LogP contribution in [0.5, 0.6) is 0 Å². The number of nitrogen functional groups attached to an aromatic ring is 1. The first-order valence-corrected chi connectivity index (χ1v) is 8.38. The molecule has 0 amide bonds. The number of nitrogens with two attached hydrogens (primary N) is 1. The molecule has 0 atom stereocenters. The Morgan fingerprint density at radius 3 is 2.65 bits per heavy atom. The van der Waals surface area contributed by atoms with E-state index >= 15 is 0 Å². The lowest BCUT2D eigenvalue weighted by Crippen LogP contribution is -2.36. The Morgan fingerprint density at radius 2 is 1.83 bits per heavy atom. The second kappa shape index (κ2) is 5.86. The first-order chi connectivity index (χ1) is 11.2. The monoisotopic (exact) mass is 372 g/mol. The van der Waals surface area contributed by atoms with Crippen LogP contribution in [0.4, 0.5) is 11.6 Å². The van der Waals surface area contributed by atoms with E-state index < -0.39 is 0 Å². The van der Waals surface area contributed by atoms with Gasteiger partial charge in [0.2, 0.25) is 5.95 Å². The SMILES string of the molecule is Nc1nc2ccc(Br)cc2n1-c1cccc(N2CCOCC2)c1. The number of nitrogens with zero attached hydrogens (tertiary/aromatic N) is 3. The maximum absolute atomic E-state index is 6.17. The molecule has 1 aliphatic heterocycles. The van der Waals surface area contributed by atoms with Gasteiger partial charge in [-0.05, 0) is 36.4 Å². The van der Waals surface area contributed by atoms with Crippen molar-refractivity contribution in [3.05, 3.63) is 46.9 Å². The molecule has 1 aromatic heterocycles. The molecule has 1 fully saturated rings. The van der Waals surface area contributed by atoms with E-state index in [-0.39, 0.29) is 0 Å². The summed E-state index contributed by atoms with van der Waals surface area (Å²) >= 11 is 3.52. The van der Waals surface area contributed by atoms with Gasteiger partial charge in [-0.3, -0.25) is 4.57 Å². The van der Waals surface area contributed by atoms with Crippen LogP contribution in [-0.2, 0) is 4.74 Å². The third-order valence-corrected chi connectivity index (χ3v) is 4.60. The Kier molecular flexibility index (Phi) is 3.71. The Morgan fingerprint density at radius 1 is 1.04 bits per heavy atom. The summed E-state index contributed by atoms with van der Waals surface area (Å²) in [4.78, 5) is 6.79. The largest absolute Gasteiger partial charge is 0.378 e. The summed E-state index contributed by atoms with van der Waals surface area (Å²) in [6, 6.07) is 14.4. The number of imidazole rings is 1. The predicted molar refractivity (Wildman–Crippen MR) is 96.2 cm³/mol. The number of halogens is 1. The fraction of sp³-hybridized carbons (Fsp3) is 0.235. The van der Waals surface area contributed by atoms with Gasteiger partial charge < -0.3 is 15.4 Å². The highest BCUT2D eigenvalue weighted by Crippen LogP contribution is 2.28. The van der Waals surface area contributed by atoms with Gasteiger partial charge in [-0.1, -0.05) is 22.0 Å². The highest BCUT2D eigenvalue weighted by atomic mass is 79.9. The van der Waals surface area contributed by atoms with Gasteiger partial charge in [-0.2, -0.15) is 0 Å². The number of rotatable bonds is 2. The number of benzene rings is 2. The molecular weight excluding hydrogens is 356 g/mol. The molecule has 23 heavy (non-hydrogen) atoms. The Balaban J connectivity index is 1.81. The van der Waals surface area contributed by atoms with Crippen molar-refractivity contribution < 1.29 is 4.74 Å². The Bertz CT molecular complexity index is 855. The van der Waals surface area contributed by atoms with Crippen LogP contribution < -0.4 is 10.6 Å². The number of fused-ring (bicyclic) bond motifs is 1. The molecule has 0 aliphatic carbocycles. The molecular formula is C17H17BrN4O. The molecule has 2 heterocycles. The quantitative estimate of drug-likeness (QED) is 0.750. The average molecular weight is 373 g/mol. The fourth-order valence-corrected chi connectivity index (χ4v) is 3.34. The number of morpholine rings is 1. The zero-order chi connectivity index (χ0) is 15.8. The van der Waals surface area contributed by atoms with Crippen LogP contribution in [-0.4, -0.2) is 35.9 Å². The van der Waals surface area contributed by atoms with Gasteiger partial charge in [0.05, 0.1) is 29.9 Å². The predicted octanol–water partition coefficient (Wildman–Crippen LogP) is 3.21. The highest BCUT2D eigenvalue weighted by Gasteiger charge is 2.14. The van der Waals surface area contributed by atoms with Gasteiger partial charge in [-0.25, -0.2) is 4.98 Å². The molecule has 1 aliphatic rings. The van der Waals surface area contributed by atoms with Crippen molar-refractivity contribution in [3.63, 3.8) is 0 Å². The van der Waals surface area contributed by atoms with Gasteiger partial charge in [0.15, 0.2) is 0 Å². The van der Waals surface area contributed by atoms with Crippen molar-refractivity contribution >= 4 is 38.6 Å². The van der Waals surface area contributed by atoms with Crippen LogP contribution in [0, 0.1) is 0 Å². The Labute approximate surface area is 142 Å². The molecule has 0 spiro atoms. The molecule has 2 aromatic carbocycles. The molecule has 0 bridgehead atoms. The highest BCUT2D eigenvalue weighted by molar-refractivity contribution is 9.10. The van der Waals surface area contributed by atoms with Crippen LogP contribution in [0.3, 0.4) is 0 Å². The standard InChI is InChI=1S/C17H17BrN4O/c18-12-4-5-15-16(10-12)22(17(19)20-15)14-3-1-2-13(11-14)21-6-8-23-9-7-21/h1-5,10-11H,6-9H2,(H2,19,20). The molecule has 1 saturated heterocycles. The van der Waals surface area contributed by atoms with E-state index in [0.717, 1.165) is 47.5 Å². The van der Waals surface area contributed by atoms with Crippen LogP contribution in [0.25, 0.3) is 16.7 Å². The van der Waals surface area contributed by atoms with Gasteiger partial charge >= 0.3 is 0 Å². The number of hydrogen-bond acceptors (Lipinski definition) is 4. The van der Waals surface area contributed by atoms with Gasteiger partial charge in [0, 0.05) is 23.2 Å². The zero-order valence-electron chi connectivity index (χ0n) is 12.6. The van der Waals surface area contributed by atoms with Gasteiger partial charge in [0.1, 0.15) is 0 Å². The first kappa shape index (κ1) is 14.5. The van der Waals surface area contributed by atoms with Crippen molar-refractivity contribution in [3.8, 4) is 5.69 Å². The second-order valence-electron chi connectivity index (χ2n) is 5.56. The van der Waals surface area contributed by atoms with Crippen molar-refractivity contribution in [1.29, 1.82) is 0 Å². The molecule has 2 N–H and O–H groups in total. The molecule has 6 heteroatoms. The summed E-state index contributed by atoms with van der Waals surface area (Å²) in [6.45, 7) is 3.37. The Hall–Kier alpha value is -2.05. The van der Waals surface area contributed by atoms with E-state index in [0.29, 0.717) is 5.95 Å². The molecule has 3 aromatic rings. The number of aromatic nitrogens is 2. The summed E-state index contributed by atoms with van der Waals surface area (Å²) in [5.74, 6) is 0.497. The molecule has 0 unspecified atom stereocenters. The van der Waals surface area contributed by atoms with Crippen molar-refractivity contribution in [1.82, 2.24) is 9.55 Å². The smallest absolute Gasteiger partial charge is 0.205 e. The second-order valence-corrected chi connectivity index (χ2v) is 6.47. The minimum atomic E-state index is 0.497. The van der Waals surface area contributed by atoms with Crippen molar-refractivity contribution in [2.24, 2.45) is 0 Å². The number of hydrogen-bond donors (Lipinski definition) is 1. The van der Waals surface area contributed by atoms with Gasteiger partial charge in [0.25, 0.3) is 0 Å². The lowest BCUT2D eigenvalue weighted by Gasteiger charge is -2.29. The topological polar surface area (TPSA) is 56.3 Å². The van der Waals surface area contributed by atoms with E-state index in [1.165, 1.54) is 5.69 Å². The summed E-state index contributed by atoms with van der Waals surface area (Å²) in [5.41, 5.74) is 10.3. The molecule has 0 saturated carbocycles. The van der Waals surface area contributed by atoms with E-state index in [2.05, 4.69) is 50.1 Å².